The molecular formula is C10H12Br2OS. The van der Waals surface area contributed by atoms with Gasteiger partial charge in [0.2, 0.25) is 0 Å². The van der Waals surface area contributed by atoms with Crippen LogP contribution in [-0.4, -0.2) is 5.11 Å². The summed E-state index contributed by atoms with van der Waals surface area (Å²) in [5.41, 5.74) is 1.21. The molecule has 78 valence electrons. The van der Waals surface area contributed by atoms with Crippen molar-refractivity contribution in [2.24, 2.45) is 5.41 Å². The standard InChI is InChI=1S/C10H12Br2OS/c1-2-10(3-4-10)8(13)6-5-7(11)14-9(6)12/h5,8,13H,2-4H2,1H3. The predicted octanol–water partition coefficient (Wildman–Crippen LogP) is 4.50. The number of aliphatic hydroxyl groups is 1. The molecule has 14 heavy (non-hydrogen) atoms. The Hall–Kier alpha value is 0.620. The second kappa shape index (κ2) is 3.89. The highest BCUT2D eigenvalue weighted by atomic mass is 79.9. The highest BCUT2D eigenvalue weighted by Crippen LogP contribution is 2.58. The molecule has 1 N–H and O–H groups in total. The maximum atomic E-state index is 10.3. The average Bonchev–Trinajstić information content (AvgIpc) is 2.87. The zero-order valence-corrected chi connectivity index (χ0v) is 11.9. The van der Waals surface area contributed by atoms with Crippen LogP contribution in [0.4, 0.5) is 0 Å². The predicted molar refractivity (Wildman–Crippen MR) is 66.6 cm³/mol. The number of halogens is 2. The topological polar surface area (TPSA) is 20.2 Å². The van der Waals surface area contributed by atoms with Gasteiger partial charge in [0.15, 0.2) is 0 Å². The SMILES string of the molecule is CCC1(C(O)c2cc(Br)sc2Br)CC1. The summed E-state index contributed by atoms with van der Waals surface area (Å²) in [5.74, 6) is 0. The number of hydrogen-bond donors (Lipinski definition) is 1. The molecule has 0 saturated heterocycles. The maximum absolute atomic E-state index is 10.3. The first-order valence-corrected chi connectivity index (χ1v) is 7.12. The van der Waals surface area contributed by atoms with Gasteiger partial charge in [-0.3, -0.25) is 0 Å². The van der Waals surface area contributed by atoms with Gasteiger partial charge in [0.1, 0.15) is 0 Å². The van der Waals surface area contributed by atoms with Crippen LogP contribution in [0.5, 0.6) is 0 Å². The Morgan fingerprint density at radius 3 is 2.57 bits per heavy atom. The third kappa shape index (κ3) is 1.82. The molecule has 0 amide bonds. The van der Waals surface area contributed by atoms with E-state index in [0.29, 0.717) is 0 Å². The summed E-state index contributed by atoms with van der Waals surface area (Å²) in [6.45, 7) is 2.16. The van der Waals surface area contributed by atoms with Gasteiger partial charge in [0.25, 0.3) is 0 Å². The van der Waals surface area contributed by atoms with Gasteiger partial charge < -0.3 is 5.11 Å². The second-order valence-electron chi connectivity index (χ2n) is 3.90. The molecule has 0 spiro atoms. The molecule has 1 aliphatic carbocycles. The summed E-state index contributed by atoms with van der Waals surface area (Å²) in [6, 6.07) is 2.02. The quantitative estimate of drug-likeness (QED) is 0.859. The fourth-order valence-electron chi connectivity index (χ4n) is 1.85. The van der Waals surface area contributed by atoms with Crippen molar-refractivity contribution in [1.29, 1.82) is 0 Å². The zero-order chi connectivity index (χ0) is 10.3. The maximum Gasteiger partial charge on any atom is 0.0865 e. The summed E-state index contributed by atoms with van der Waals surface area (Å²) >= 11 is 8.56. The van der Waals surface area contributed by atoms with E-state index in [9.17, 15) is 5.11 Å². The van der Waals surface area contributed by atoms with Crippen LogP contribution < -0.4 is 0 Å². The van der Waals surface area contributed by atoms with Crippen molar-refractivity contribution in [1.82, 2.24) is 0 Å². The molecule has 0 aliphatic heterocycles. The van der Waals surface area contributed by atoms with Gasteiger partial charge in [0, 0.05) is 11.0 Å². The van der Waals surface area contributed by atoms with Gasteiger partial charge >= 0.3 is 0 Å². The third-order valence-electron chi connectivity index (χ3n) is 3.15. The van der Waals surface area contributed by atoms with Crippen LogP contribution >= 0.6 is 43.2 Å². The van der Waals surface area contributed by atoms with Gasteiger partial charge in [-0.05, 0) is 57.2 Å². The van der Waals surface area contributed by atoms with Crippen LogP contribution in [0.1, 0.15) is 37.9 Å². The van der Waals surface area contributed by atoms with Gasteiger partial charge in [0.05, 0.1) is 13.7 Å². The van der Waals surface area contributed by atoms with E-state index >= 15 is 0 Å². The van der Waals surface area contributed by atoms with Crippen molar-refractivity contribution in [2.45, 2.75) is 32.3 Å². The molecule has 4 heteroatoms. The van der Waals surface area contributed by atoms with E-state index in [1.54, 1.807) is 11.3 Å². The highest BCUT2D eigenvalue weighted by molar-refractivity contribution is 9.12. The van der Waals surface area contributed by atoms with E-state index in [4.69, 9.17) is 0 Å². The fraction of sp³-hybridized carbons (Fsp3) is 0.600. The van der Waals surface area contributed by atoms with Crippen molar-refractivity contribution in [3.63, 3.8) is 0 Å². The van der Waals surface area contributed by atoms with Crippen molar-refractivity contribution < 1.29 is 5.11 Å². The number of thiophene rings is 1. The van der Waals surface area contributed by atoms with Gasteiger partial charge in [-0.2, -0.15) is 0 Å². The molecular weight excluding hydrogens is 328 g/mol. The summed E-state index contributed by atoms with van der Waals surface area (Å²) < 4.78 is 2.13. The molecule has 1 aliphatic rings. The summed E-state index contributed by atoms with van der Waals surface area (Å²) in [5, 5.41) is 10.3. The molecule has 1 atom stereocenters. The fourth-order valence-corrected chi connectivity index (χ4v) is 4.73. The second-order valence-corrected chi connectivity index (χ2v) is 7.65. The molecule has 1 heterocycles. The zero-order valence-electron chi connectivity index (χ0n) is 7.89. The normalized spacial score (nSPS) is 20.9. The van der Waals surface area contributed by atoms with Crippen molar-refractivity contribution in [3.8, 4) is 0 Å². The van der Waals surface area contributed by atoms with Gasteiger partial charge in [-0.15, -0.1) is 11.3 Å². The van der Waals surface area contributed by atoms with Crippen molar-refractivity contribution >= 4 is 43.2 Å². The Balaban J connectivity index is 2.27. The lowest BCUT2D eigenvalue weighted by molar-refractivity contribution is 0.0900. The Bertz CT molecular complexity index is 344. The van der Waals surface area contributed by atoms with E-state index in [1.165, 1.54) is 0 Å². The minimum absolute atomic E-state index is 0.170. The molecule has 2 rings (SSSR count). The molecule has 1 fully saturated rings. The molecule has 1 saturated carbocycles. The number of rotatable bonds is 3. The van der Waals surface area contributed by atoms with Gasteiger partial charge in [-0.25, -0.2) is 0 Å². The smallest absolute Gasteiger partial charge is 0.0865 e. The first kappa shape index (κ1) is 11.1. The van der Waals surface area contributed by atoms with Crippen molar-refractivity contribution in [3.05, 3.63) is 19.2 Å². The lowest BCUT2D eigenvalue weighted by Gasteiger charge is -2.20. The average molecular weight is 340 g/mol. The Morgan fingerprint density at radius 1 is 1.57 bits per heavy atom. The highest BCUT2D eigenvalue weighted by Gasteiger charge is 2.48. The lowest BCUT2D eigenvalue weighted by Crippen LogP contribution is -2.12. The van der Waals surface area contributed by atoms with Crippen LogP contribution in [0.25, 0.3) is 0 Å². The van der Waals surface area contributed by atoms with E-state index < -0.39 is 0 Å². The van der Waals surface area contributed by atoms with Crippen LogP contribution in [0, 0.1) is 5.41 Å². The van der Waals surface area contributed by atoms with Gasteiger partial charge in [-0.1, -0.05) is 6.92 Å². The van der Waals surface area contributed by atoms with Crippen LogP contribution in [0.2, 0.25) is 0 Å². The van der Waals surface area contributed by atoms with E-state index in [0.717, 1.165) is 32.4 Å². The monoisotopic (exact) mass is 338 g/mol. The minimum atomic E-state index is -0.301. The van der Waals surface area contributed by atoms with Crippen LogP contribution in [0.3, 0.4) is 0 Å². The number of aliphatic hydroxyl groups excluding tert-OH is 1. The first-order chi connectivity index (χ1) is 6.59. The summed E-state index contributed by atoms with van der Waals surface area (Å²) in [6.07, 6.45) is 3.08. The summed E-state index contributed by atoms with van der Waals surface area (Å²) in [4.78, 5) is 0. The van der Waals surface area contributed by atoms with Crippen molar-refractivity contribution in [2.75, 3.05) is 0 Å². The van der Waals surface area contributed by atoms with E-state index in [1.807, 2.05) is 6.07 Å². The first-order valence-electron chi connectivity index (χ1n) is 4.72. The van der Waals surface area contributed by atoms with E-state index in [-0.39, 0.29) is 11.5 Å². The molecule has 0 aromatic carbocycles. The molecule has 0 bridgehead atoms. The molecule has 0 radical (unpaired) electrons. The third-order valence-corrected chi connectivity index (χ3v) is 5.54. The molecule has 1 unspecified atom stereocenters. The lowest BCUT2D eigenvalue weighted by atomic mass is 9.92. The number of hydrogen-bond acceptors (Lipinski definition) is 2. The molecule has 1 nitrogen and oxygen atoms in total. The van der Waals surface area contributed by atoms with Crippen LogP contribution in [-0.2, 0) is 0 Å². The van der Waals surface area contributed by atoms with Crippen LogP contribution in [0.15, 0.2) is 13.6 Å². The minimum Gasteiger partial charge on any atom is -0.388 e. The summed E-state index contributed by atoms with van der Waals surface area (Å²) in [7, 11) is 0. The van der Waals surface area contributed by atoms with E-state index in [2.05, 4.69) is 38.8 Å². The largest absolute Gasteiger partial charge is 0.388 e. The molecule has 1 aromatic rings. The Morgan fingerprint density at radius 2 is 2.21 bits per heavy atom. The Kier molecular flexibility index (Phi) is 3.09. The molecule has 1 aromatic heterocycles. The Labute approximate surface area is 105 Å².